The van der Waals surface area contributed by atoms with E-state index in [1.807, 2.05) is 0 Å². The van der Waals surface area contributed by atoms with E-state index >= 15 is 0 Å². The number of carbonyl (C=O) groups is 2. The highest BCUT2D eigenvalue weighted by atomic mass is 16.5. The van der Waals surface area contributed by atoms with E-state index in [0.29, 0.717) is 6.54 Å². The second kappa shape index (κ2) is 9.00. The molecule has 1 heterocycles. The Balaban J connectivity index is 1.61. The lowest BCUT2D eigenvalue weighted by Crippen LogP contribution is -2.47. The van der Waals surface area contributed by atoms with E-state index in [0.717, 1.165) is 58.5 Å². The van der Waals surface area contributed by atoms with Crippen molar-refractivity contribution in [3.8, 4) is 0 Å². The first-order chi connectivity index (χ1) is 10.3. The van der Waals surface area contributed by atoms with Crippen LogP contribution in [0.3, 0.4) is 0 Å². The van der Waals surface area contributed by atoms with Gasteiger partial charge in [0.25, 0.3) is 0 Å². The molecule has 2 N–H and O–H groups in total. The smallest absolute Gasteiger partial charge is 0.309 e. The Morgan fingerprint density at radius 2 is 1.67 bits per heavy atom. The normalized spacial score (nSPS) is 21.5. The Morgan fingerprint density at radius 1 is 1.00 bits per heavy atom. The summed E-state index contributed by atoms with van der Waals surface area (Å²) in [5.41, 5.74) is 0. The molecule has 0 unspecified atom stereocenters. The fourth-order valence-electron chi connectivity index (χ4n) is 2.91. The molecule has 120 valence electrons. The molecule has 1 aliphatic carbocycles. The van der Waals surface area contributed by atoms with E-state index in [-0.39, 0.29) is 6.04 Å². The maximum Gasteiger partial charge on any atom is 0.309 e. The van der Waals surface area contributed by atoms with Gasteiger partial charge in [0.2, 0.25) is 0 Å². The number of morpholine rings is 1. The molecule has 0 bridgehead atoms. The van der Waals surface area contributed by atoms with Crippen molar-refractivity contribution in [1.29, 1.82) is 0 Å². The Kier molecular flexibility index (Phi) is 6.95. The second-order valence-corrected chi connectivity index (χ2v) is 5.87. The van der Waals surface area contributed by atoms with Crippen LogP contribution >= 0.6 is 0 Å². The topological polar surface area (TPSA) is 70.7 Å². The number of nitrogens with zero attached hydrogens (tertiary/aromatic N) is 1. The van der Waals surface area contributed by atoms with Crippen molar-refractivity contribution >= 4 is 11.8 Å². The van der Waals surface area contributed by atoms with Crippen molar-refractivity contribution in [3.05, 3.63) is 0 Å². The van der Waals surface area contributed by atoms with Gasteiger partial charge in [0.05, 0.1) is 13.2 Å². The summed E-state index contributed by atoms with van der Waals surface area (Å²) in [5.74, 6) is -0.989. The molecule has 2 amide bonds. The van der Waals surface area contributed by atoms with Gasteiger partial charge >= 0.3 is 11.8 Å². The molecule has 0 aromatic rings. The first-order valence-electron chi connectivity index (χ1n) is 8.14. The molecule has 0 aromatic heterocycles. The SMILES string of the molecule is O=C(NCCN1CCOCC1)C(=O)NC1CCCCCC1. The number of hydrogen-bond donors (Lipinski definition) is 2. The highest BCUT2D eigenvalue weighted by Crippen LogP contribution is 2.16. The average molecular weight is 297 g/mol. The van der Waals surface area contributed by atoms with E-state index < -0.39 is 11.8 Å². The first-order valence-corrected chi connectivity index (χ1v) is 8.14. The van der Waals surface area contributed by atoms with Gasteiger partial charge < -0.3 is 15.4 Å². The molecule has 2 fully saturated rings. The maximum atomic E-state index is 11.8. The highest BCUT2D eigenvalue weighted by molar-refractivity contribution is 6.35. The van der Waals surface area contributed by atoms with Gasteiger partial charge in [0.15, 0.2) is 0 Å². The van der Waals surface area contributed by atoms with Crippen LogP contribution < -0.4 is 10.6 Å². The molecule has 6 nitrogen and oxygen atoms in total. The van der Waals surface area contributed by atoms with Gasteiger partial charge in [-0.2, -0.15) is 0 Å². The van der Waals surface area contributed by atoms with Gasteiger partial charge in [0.1, 0.15) is 0 Å². The van der Waals surface area contributed by atoms with Gasteiger partial charge in [-0.3, -0.25) is 14.5 Å². The van der Waals surface area contributed by atoms with Crippen LogP contribution in [0.1, 0.15) is 38.5 Å². The summed E-state index contributed by atoms with van der Waals surface area (Å²) in [4.78, 5) is 25.9. The zero-order chi connectivity index (χ0) is 14.9. The summed E-state index contributed by atoms with van der Waals surface area (Å²) >= 11 is 0. The van der Waals surface area contributed by atoms with Gasteiger partial charge in [-0.1, -0.05) is 25.7 Å². The first kappa shape index (κ1) is 16.2. The molecular formula is C15H27N3O3. The molecule has 6 heteroatoms. The lowest BCUT2D eigenvalue weighted by molar-refractivity contribution is -0.139. The fourth-order valence-corrected chi connectivity index (χ4v) is 2.91. The molecule has 1 aliphatic heterocycles. The van der Waals surface area contributed by atoms with Gasteiger partial charge in [-0.05, 0) is 12.8 Å². The summed E-state index contributed by atoms with van der Waals surface area (Å²) in [6.07, 6.45) is 6.74. The summed E-state index contributed by atoms with van der Waals surface area (Å²) in [7, 11) is 0. The molecule has 2 rings (SSSR count). The number of amides is 2. The minimum atomic E-state index is -0.507. The average Bonchev–Trinajstić information content (AvgIpc) is 2.77. The van der Waals surface area contributed by atoms with E-state index in [9.17, 15) is 9.59 Å². The van der Waals surface area contributed by atoms with Crippen molar-refractivity contribution in [2.75, 3.05) is 39.4 Å². The third kappa shape index (κ3) is 6.01. The van der Waals surface area contributed by atoms with Crippen LogP contribution in [0.2, 0.25) is 0 Å². The maximum absolute atomic E-state index is 11.8. The van der Waals surface area contributed by atoms with Crippen molar-refractivity contribution in [1.82, 2.24) is 15.5 Å². The Bertz CT molecular complexity index is 335. The highest BCUT2D eigenvalue weighted by Gasteiger charge is 2.19. The monoisotopic (exact) mass is 297 g/mol. The van der Waals surface area contributed by atoms with Crippen LogP contribution in [0.4, 0.5) is 0 Å². The number of ether oxygens (including phenoxy) is 1. The summed E-state index contributed by atoms with van der Waals surface area (Å²) in [6.45, 7) is 4.56. The molecule has 0 atom stereocenters. The Labute approximate surface area is 126 Å². The lowest BCUT2D eigenvalue weighted by atomic mass is 10.1. The number of nitrogens with one attached hydrogen (secondary N) is 2. The molecule has 21 heavy (non-hydrogen) atoms. The molecule has 2 aliphatic rings. The van der Waals surface area contributed by atoms with Crippen molar-refractivity contribution in [2.24, 2.45) is 0 Å². The molecule has 0 aromatic carbocycles. The molecule has 1 saturated heterocycles. The van der Waals surface area contributed by atoms with Crippen LogP contribution in [0.5, 0.6) is 0 Å². The standard InChI is InChI=1S/C15H27N3O3/c19-14(16-7-8-18-9-11-21-12-10-18)15(20)17-13-5-3-1-2-4-6-13/h13H,1-12H2,(H,16,19)(H,17,20). The molecule has 0 radical (unpaired) electrons. The van der Waals surface area contributed by atoms with E-state index in [2.05, 4.69) is 15.5 Å². The lowest BCUT2D eigenvalue weighted by Gasteiger charge is -2.26. The van der Waals surface area contributed by atoms with Crippen LogP contribution in [0.25, 0.3) is 0 Å². The third-order valence-corrected chi connectivity index (χ3v) is 4.21. The summed E-state index contributed by atoms with van der Waals surface area (Å²) < 4.78 is 5.27. The van der Waals surface area contributed by atoms with E-state index in [1.165, 1.54) is 12.8 Å². The molecular weight excluding hydrogens is 270 g/mol. The number of hydrogen-bond acceptors (Lipinski definition) is 4. The van der Waals surface area contributed by atoms with E-state index in [1.54, 1.807) is 0 Å². The predicted octanol–water partition coefficient (Wildman–Crippen LogP) is 0.274. The molecule has 1 saturated carbocycles. The molecule has 0 spiro atoms. The zero-order valence-electron chi connectivity index (χ0n) is 12.7. The second-order valence-electron chi connectivity index (χ2n) is 5.87. The minimum Gasteiger partial charge on any atom is -0.379 e. The predicted molar refractivity (Wildman–Crippen MR) is 79.9 cm³/mol. The quantitative estimate of drug-likeness (QED) is 0.577. The summed E-state index contributed by atoms with van der Waals surface area (Å²) in [5, 5.41) is 5.56. The van der Waals surface area contributed by atoms with Crippen LogP contribution in [-0.2, 0) is 14.3 Å². The van der Waals surface area contributed by atoms with Gasteiger partial charge in [0, 0.05) is 32.2 Å². The van der Waals surface area contributed by atoms with Gasteiger partial charge in [-0.25, -0.2) is 0 Å². The van der Waals surface area contributed by atoms with Gasteiger partial charge in [-0.15, -0.1) is 0 Å². The van der Waals surface area contributed by atoms with Crippen molar-refractivity contribution in [3.63, 3.8) is 0 Å². The van der Waals surface area contributed by atoms with Crippen LogP contribution in [0.15, 0.2) is 0 Å². The third-order valence-electron chi connectivity index (χ3n) is 4.21. The van der Waals surface area contributed by atoms with Crippen LogP contribution in [-0.4, -0.2) is 62.1 Å². The fraction of sp³-hybridized carbons (Fsp3) is 0.867. The number of carbonyl (C=O) groups excluding carboxylic acids is 2. The van der Waals surface area contributed by atoms with Crippen molar-refractivity contribution < 1.29 is 14.3 Å². The van der Waals surface area contributed by atoms with Crippen molar-refractivity contribution in [2.45, 2.75) is 44.6 Å². The Morgan fingerprint density at radius 3 is 2.33 bits per heavy atom. The minimum absolute atomic E-state index is 0.171. The van der Waals surface area contributed by atoms with Crippen LogP contribution in [0, 0.1) is 0 Å². The number of rotatable bonds is 4. The van der Waals surface area contributed by atoms with E-state index in [4.69, 9.17) is 4.74 Å². The largest absolute Gasteiger partial charge is 0.379 e. The Hall–Kier alpha value is -1.14. The zero-order valence-corrected chi connectivity index (χ0v) is 12.7. The summed E-state index contributed by atoms with van der Waals surface area (Å²) in [6, 6.07) is 0.171.